The molecule has 4 aromatic rings. The van der Waals surface area contributed by atoms with Crippen molar-refractivity contribution in [3.63, 3.8) is 0 Å². The molecule has 0 saturated heterocycles. The Morgan fingerprint density at radius 3 is 2.59 bits per heavy atom. The van der Waals surface area contributed by atoms with Crippen LogP contribution in [0.1, 0.15) is 15.9 Å². The Kier molecular flexibility index (Phi) is 5.55. The highest BCUT2D eigenvalue weighted by Crippen LogP contribution is 2.32. The molecule has 0 aliphatic rings. The number of fused-ring (bicyclic) bond motifs is 1. The topological polar surface area (TPSA) is 54.8 Å². The van der Waals surface area contributed by atoms with E-state index in [1.165, 1.54) is 16.3 Å². The van der Waals surface area contributed by atoms with E-state index in [2.05, 4.69) is 10.1 Å². The molecule has 29 heavy (non-hydrogen) atoms. The predicted octanol–water partition coefficient (Wildman–Crippen LogP) is 5.64. The lowest BCUT2D eigenvalue weighted by Crippen LogP contribution is -2.25. The maximum atomic E-state index is 13.2. The van der Waals surface area contributed by atoms with Gasteiger partial charge in [0.15, 0.2) is 0 Å². The van der Waals surface area contributed by atoms with Gasteiger partial charge in [0, 0.05) is 10.6 Å². The van der Waals surface area contributed by atoms with E-state index in [-0.39, 0.29) is 5.91 Å². The third-order valence-electron chi connectivity index (χ3n) is 4.17. The molecule has 5 nitrogen and oxygen atoms in total. The Morgan fingerprint density at radius 2 is 1.86 bits per heavy atom. The van der Waals surface area contributed by atoms with Crippen LogP contribution in [0.25, 0.3) is 10.2 Å². The normalized spacial score (nSPS) is 11.1. The fourth-order valence-electron chi connectivity index (χ4n) is 2.68. The number of thiazole rings is 1. The number of nitrogens with zero attached hydrogens (tertiary/aromatic N) is 3. The van der Waals surface area contributed by atoms with Crippen molar-refractivity contribution in [2.24, 2.45) is 5.10 Å². The number of hydrazone groups is 1. The molecule has 0 aliphatic carbocycles. The maximum Gasteiger partial charge on any atom is 0.280 e. The van der Waals surface area contributed by atoms with Gasteiger partial charge in [-0.2, -0.15) is 10.1 Å². The number of hydrogen-bond donors (Lipinski definition) is 0. The molecule has 4 rings (SSSR count). The van der Waals surface area contributed by atoms with Crippen molar-refractivity contribution in [1.82, 2.24) is 4.98 Å². The van der Waals surface area contributed by atoms with Crippen LogP contribution >= 0.6 is 22.9 Å². The van der Waals surface area contributed by atoms with Crippen molar-refractivity contribution in [2.75, 3.05) is 12.1 Å². The molecule has 1 heterocycles. The number of ether oxygens (including phenoxy) is 1. The molecule has 0 unspecified atom stereocenters. The number of amides is 1. The van der Waals surface area contributed by atoms with Gasteiger partial charge in [-0.15, -0.1) is 0 Å². The summed E-state index contributed by atoms with van der Waals surface area (Å²) in [7, 11) is 1.61. The van der Waals surface area contributed by atoms with E-state index in [9.17, 15) is 4.79 Å². The quantitative estimate of drug-likeness (QED) is 0.309. The molecule has 0 N–H and O–H groups in total. The summed E-state index contributed by atoms with van der Waals surface area (Å²) < 4.78 is 6.19. The van der Waals surface area contributed by atoms with Gasteiger partial charge in [0.1, 0.15) is 5.75 Å². The Hall–Kier alpha value is -3.22. The van der Waals surface area contributed by atoms with Gasteiger partial charge in [-0.1, -0.05) is 53.3 Å². The van der Waals surface area contributed by atoms with Crippen LogP contribution < -0.4 is 9.75 Å². The lowest BCUT2D eigenvalue weighted by molar-refractivity contribution is 0.0988. The third kappa shape index (κ3) is 4.29. The fraction of sp³-hybridized carbons (Fsp3) is 0.0455. The second-order valence-electron chi connectivity index (χ2n) is 6.11. The summed E-state index contributed by atoms with van der Waals surface area (Å²) >= 11 is 7.33. The first-order valence-electron chi connectivity index (χ1n) is 8.78. The van der Waals surface area contributed by atoms with Crippen molar-refractivity contribution in [3.8, 4) is 5.75 Å². The van der Waals surface area contributed by atoms with Crippen molar-refractivity contribution in [3.05, 3.63) is 88.9 Å². The van der Waals surface area contributed by atoms with E-state index >= 15 is 0 Å². The average molecular weight is 422 g/mol. The van der Waals surface area contributed by atoms with Gasteiger partial charge in [0.25, 0.3) is 5.91 Å². The van der Waals surface area contributed by atoms with Crippen LogP contribution in [0.3, 0.4) is 0 Å². The van der Waals surface area contributed by atoms with Crippen LogP contribution in [-0.2, 0) is 0 Å². The first-order chi connectivity index (χ1) is 14.1. The number of anilines is 1. The van der Waals surface area contributed by atoms with E-state index in [1.54, 1.807) is 37.6 Å². The third-order valence-corrected chi connectivity index (χ3v) is 5.42. The lowest BCUT2D eigenvalue weighted by Gasteiger charge is -2.13. The molecule has 144 valence electrons. The number of benzene rings is 3. The van der Waals surface area contributed by atoms with Crippen molar-refractivity contribution >= 4 is 50.4 Å². The maximum absolute atomic E-state index is 13.2. The van der Waals surface area contributed by atoms with Crippen LogP contribution in [0.15, 0.2) is 77.9 Å². The highest BCUT2D eigenvalue weighted by molar-refractivity contribution is 7.22. The summed E-state index contributed by atoms with van der Waals surface area (Å²) in [5.74, 6) is 0.441. The molecular formula is C22H16ClN3O2S. The van der Waals surface area contributed by atoms with Crippen LogP contribution in [0.4, 0.5) is 5.13 Å². The molecule has 3 aromatic carbocycles. The molecule has 0 spiro atoms. The molecule has 0 fully saturated rings. The molecular weight excluding hydrogens is 406 g/mol. The Morgan fingerprint density at radius 1 is 1.10 bits per heavy atom. The smallest absolute Gasteiger partial charge is 0.280 e. The average Bonchev–Trinajstić information content (AvgIpc) is 3.17. The zero-order chi connectivity index (χ0) is 20.2. The van der Waals surface area contributed by atoms with Gasteiger partial charge < -0.3 is 4.74 Å². The molecule has 0 saturated carbocycles. The molecule has 7 heteroatoms. The summed E-state index contributed by atoms with van der Waals surface area (Å²) in [5, 5.41) is 6.79. The van der Waals surface area contributed by atoms with Crippen LogP contribution in [0.5, 0.6) is 5.75 Å². The standard InChI is InChI=1S/C22H16ClN3O2S/c1-28-18-11-12-19-20(13-18)29-22(25-19)26(24-14-15-5-3-2-4-6-15)21(27)16-7-9-17(23)10-8-16/h2-14H,1H3/b24-14+. The lowest BCUT2D eigenvalue weighted by atomic mass is 10.2. The van der Waals surface area contributed by atoms with E-state index in [0.29, 0.717) is 15.7 Å². The minimum atomic E-state index is -0.292. The Labute approximate surface area is 176 Å². The molecule has 0 aliphatic heterocycles. The Balaban J connectivity index is 1.75. The van der Waals surface area contributed by atoms with Gasteiger partial charge in [-0.3, -0.25) is 4.79 Å². The fourth-order valence-corrected chi connectivity index (χ4v) is 3.75. The van der Waals surface area contributed by atoms with Crippen molar-refractivity contribution < 1.29 is 9.53 Å². The minimum Gasteiger partial charge on any atom is -0.497 e. The molecule has 0 atom stereocenters. The van der Waals surface area contributed by atoms with Gasteiger partial charge in [-0.25, -0.2) is 4.98 Å². The molecule has 1 aromatic heterocycles. The van der Waals surface area contributed by atoms with Crippen molar-refractivity contribution in [2.45, 2.75) is 0 Å². The van der Waals surface area contributed by atoms with Gasteiger partial charge in [0.2, 0.25) is 5.13 Å². The number of halogens is 1. The molecule has 1 amide bonds. The van der Waals surface area contributed by atoms with Gasteiger partial charge in [-0.05, 0) is 48.0 Å². The zero-order valence-corrected chi connectivity index (χ0v) is 17.0. The van der Waals surface area contributed by atoms with E-state index < -0.39 is 0 Å². The summed E-state index contributed by atoms with van der Waals surface area (Å²) in [4.78, 5) is 17.8. The number of aromatic nitrogens is 1. The summed E-state index contributed by atoms with van der Waals surface area (Å²) in [6, 6.07) is 21.9. The number of hydrogen-bond acceptors (Lipinski definition) is 5. The van der Waals surface area contributed by atoms with E-state index in [0.717, 1.165) is 21.5 Å². The molecule has 0 radical (unpaired) electrons. The van der Waals surface area contributed by atoms with E-state index in [4.69, 9.17) is 16.3 Å². The highest BCUT2D eigenvalue weighted by atomic mass is 35.5. The minimum absolute atomic E-state index is 0.292. The van der Waals surface area contributed by atoms with E-state index in [1.807, 2.05) is 48.5 Å². The first-order valence-corrected chi connectivity index (χ1v) is 9.97. The van der Waals surface area contributed by atoms with Crippen LogP contribution in [-0.4, -0.2) is 24.2 Å². The molecule has 0 bridgehead atoms. The monoisotopic (exact) mass is 421 g/mol. The van der Waals surface area contributed by atoms with Crippen molar-refractivity contribution in [1.29, 1.82) is 0 Å². The van der Waals surface area contributed by atoms with Gasteiger partial charge in [0.05, 0.1) is 23.5 Å². The number of methoxy groups -OCH3 is 1. The first kappa shape index (κ1) is 19.1. The largest absolute Gasteiger partial charge is 0.497 e. The highest BCUT2D eigenvalue weighted by Gasteiger charge is 2.21. The predicted molar refractivity (Wildman–Crippen MR) is 118 cm³/mol. The number of carbonyl (C=O) groups is 1. The zero-order valence-electron chi connectivity index (χ0n) is 15.4. The number of rotatable bonds is 5. The summed E-state index contributed by atoms with van der Waals surface area (Å²) in [6.45, 7) is 0. The summed E-state index contributed by atoms with van der Waals surface area (Å²) in [5.41, 5.74) is 2.12. The Bertz CT molecular complexity index is 1170. The van der Waals surface area contributed by atoms with Crippen LogP contribution in [0.2, 0.25) is 5.02 Å². The SMILES string of the molecule is COc1ccc2nc(N(/N=C/c3ccccc3)C(=O)c3ccc(Cl)cc3)sc2c1. The van der Waals surface area contributed by atoms with Gasteiger partial charge >= 0.3 is 0 Å². The van der Waals surface area contributed by atoms with Crippen LogP contribution in [0, 0.1) is 0 Å². The summed E-state index contributed by atoms with van der Waals surface area (Å²) in [6.07, 6.45) is 1.64. The second-order valence-corrected chi connectivity index (χ2v) is 7.55. The number of carbonyl (C=O) groups excluding carboxylic acids is 1. The second kappa shape index (κ2) is 8.43.